The molecule has 1 aliphatic heterocycles. The summed E-state index contributed by atoms with van der Waals surface area (Å²) in [5.74, 6) is 2.24. The Kier molecular flexibility index (Phi) is 6.26. The molecule has 184 valence electrons. The number of benzene rings is 1. The molecule has 4 aromatic rings. The second-order valence-electron chi connectivity index (χ2n) is 8.98. The monoisotopic (exact) mass is 484 g/mol. The number of hydrogen-bond donors (Lipinski definition) is 3. The number of piperazine rings is 1. The summed E-state index contributed by atoms with van der Waals surface area (Å²) in [6.45, 7) is 8.16. The first-order valence-corrected chi connectivity index (χ1v) is 11.8. The fourth-order valence-corrected chi connectivity index (χ4v) is 4.50. The van der Waals surface area contributed by atoms with Crippen LogP contribution in [0.25, 0.3) is 5.52 Å². The van der Waals surface area contributed by atoms with Crippen molar-refractivity contribution in [1.82, 2.24) is 29.5 Å². The van der Waals surface area contributed by atoms with Gasteiger partial charge in [-0.15, -0.1) is 0 Å². The summed E-state index contributed by atoms with van der Waals surface area (Å²) in [5.41, 5.74) is 9.23. The zero-order valence-electron chi connectivity index (χ0n) is 20.3. The highest BCUT2D eigenvalue weighted by atomic mass is 16.3. The molecule has 1 atom stereocenters. The summed E-state index contributed by atoms with van der Waals surface area (Å²) in [4.78, 5) is 17.7. The first-order valence-electron chi connectivity index (χ1n) is 11.8. The number of anilines is 3. The second kappa shape index (κ2) is 9.67. The lowest BCUT2D eigenvalue weighted by Crippen LogP contribution is -2.46. The minimum atomic E-state index is -0.329. The maximum absolute atomic E-state index is 9.77. The van der Waals surface area contributed by atoms with Crippen LogP contribution in [0.4, 0.5) is 17.5 Å². The first-order chi connectivity index (χ1) is 17.4. The number of phenolic OH excluding ortho intramolecular Hbond substituents is 1. The Bertz CT molecular complexity index is 1430. The van der Waals surface area contributed by atoms with Gasteiger partial charge in [-0.2, -0.15) is 10.4 Å². The Morgan fingerprint density at radius 1 is 1.19 bits per heavy atom. The number of nitriles is 1. The van der Waals surface area contributed by atoms with Gasteiger partial charge in [-0.05, 0) is 43.2 Å². The topological polar surface area (TPSA) is 145 Å². The Morgan fingerprint density at radius 2 is 2.00 bits per heavy atom. The normalized spacial score (nSPS) is 15.1. The fraction of sp³-hybridized carbons (Fsp3) is 0.320. The van der Waals surface area contributed by atoms with Crippen LogP contribution in [0, 0.1) is 18.3 Å². The Labute approximate surface area is 208 Å². The highest BCUT2D eigenvalue weighted by molar-refractivity contribution is 5.73. The van der Waals surface area contributed by atoms with Gasteiger partial charge in [-0.3, -0.25) is 4.90 Å². The number of nitrogen functional groups attached to an aromatic ring is 1. The average Bonchev–Trinajstić information content (AvgIpc) is 3.25. The van der Waals surface area contributed by atoms with Gasteiger partial charge in [0.25, 0.3) is 0 Å². The van der Waals surface area contributed by atoms with Crippen molar-refractivity contribution in [2.24, 2.45) is 0 Å². The van der Waals surface area contributed by atoms with E-state index in [9.17, 15) is 10.4 Å². The standard InChI is InChI=1S/C25H28N10O/c1-16-6-7-35-21(16)25(34-10-8-33(9-11-34)14-18-4-3-5-19(36)12-18)31-23(32-35)17(2)30-24-20(13-26)22(27)28-15-29-24/h3-7,12,15,17,36H,8-11,14H2,1-2H3,(H3,27,28,29,30). The second-order valence-corrected chi connectivity index (χ2v) is 8.98. The van der Waals surface area contributed by atoms with Gasteiger partial charge in [-0.1, -0.05) is 12.1 Å². The lowest BCUT2D eigenvalue weighted by molar-refractivity contribution is 0.249. The van der Waals surface area contributed by atoms with Crippen molar-refractivity contribution in [2.45, 2.75) is 26.4 Å². The molecule has 3 aromatic heterocycles. The number of phenols is 1. The van der Waals surface area contributed by atoms with Crippen LogP contribution in [0.3, 0.4) is 0 Å². The summed E-state index contributed by atoms with van der Waals surface area (Å²) >= 11 is 0. The highest BCUT2D eigenvalue weighted by Crippen LogP contribution is 2.27. The lowest BCUT2D eigenvalue weighted by atomic mass is 10.2. The molecular formula is C25H28N10O. The third-order valence-corrected chi connectivity index (χ3v) is 6.43. The zero-order chi connectivity index (χ0) is 25.2. The van der Waals surface area contributed by atoms with Gasteiger partial charge in [0.05, 0.1) is 6.04 Å². The lowest BCUT2D eigenvalue weighted by Gasteiger charge is -2.36. The van der Waals surface area contributed by atoms with E-state index in [2.05, 4.69) is 38.1 Å². The van der Waals surface area contributed by atoms with Crippen LogP contribution < -0.4 is 16.0 Å². The van der Waals surface area contributed by atoms with Gasteiger partial charge in [0.1, 0.15) is 40.9 Å². The predicted molar refractivity (Wildman–Crippen MR) is 137 cm³/mol. The molecule has 0 radical (unpaired) electrons. The van der Waals surface area contributed by atoms with E-state index in [1.54, 1.807) is 6.07 Å². The van der Waals surface area contributed by atoms with E-state index in [1.165, 1.54) is 6.33 Å². The third kappa shape index (κ3) is 4.58. The maximum atomic E-state index is 9.77. The molecule has 1 fully saturated rings. The van der Waals surface area contributed by atoms with Crippen LogP contribution in [-0.4, -0.2) is 60.8 Å². The van der Waals surface area contributed by atoms with Crippen molar-refractivity contribution in [2.75, 3.05) is 42.1 Å². The summed E-state index contributed by atoms with van der Waals surface area (Å²) in [6, 6.07) is 11.2. The van der Waals surface area contributed by atoms with Crippen LogP contribution in [0.5, 0.6) is 5.75 Å². The molecule has 36 heavy (non-hydrogen) atoms. The molecule has 1 saturated heterocycles. The molecule has 0 spiro atoms. The van der Waals surface area contributed by atoms with Gasteiger partial charge >= 0.3 is 0 Å². The molecule has 1 aliphatic rings. The van der Waals surface area contributed by atoms with E-state index in [-0.39, 0.29) is 17.4 Å². The Morgan fingerprint density at radius 3 is 2.75 bits per heavy atom. The molecule has 0 aliphatic carbocycles. The number of nitrogens with zero attached hydrogens (tertiary/aromatic N) is 8. The summed E-state index contributed by atoms with van der Waals surface area (Å²) < 4.78 is 1.86. The van der Waals surface area contributed by atoms with Gasteiger partial charge in [0.2, 0.25) is 0 Å². The van der Waals surface area contributed by atoms with Crippen molar-refractivity contribution in [1.29, 1.82) is 5.26 Å². The van der Waals surface area contributed by atoms with Gasteiger partial charge in [-0.25, -0.2) is 19.5 Å². The van der Waals surface area contributed by atoms with Crippen LogP contribution in [0.15, 0.2) is 42.9 Å². The van der Waals surface area contributed by atoms with Crippen LogP contribution in [-0.2, 0) is 6.54 Å². The van der Waals surface area contributed by atoms with E-state index in [4.69, 9.17) is 15.8 Å². The van der Waals surface area contributed by atoms with Crippen LogP contribution in [0.1, 0.15) is 35.5 Å². The first kappa shape index (κ1) is 23.3. The molecule has 0 amide bonds. The minimum absolute atomic E-state index is 0.129. The number of aryl methyl sites for hydroxylation is 1. The zero-order valence-corrected chi connectivity index (χ0v) is 20.3. The quantitative estimate of drug-likeness (QED) is 0.373. The number of hydrogen-bond acceptors (Lipinski definition) is 10. The summed E-state index contributed by atoms with van der Waals surface area (Å²) in [5, 5.41) is 27.2. The Hall–Kier alpha value is -4.43. The molecule has 0 saturated carbocycles. The smallest absolute Gasteiger partial charge is 0.173 e. The number of aromatic nitrogens is 5. The van der Waals surface area contributed by atoms with Gasteiger partial charge < -0.3 is 21.1 Å². The molecule has 4 N–H and O–H groups in total. The molecule has 11 nitrogen and oxygen atoms in total. The fourth-order valence-electron chi connectivity index (χ4n) is 4.50. The SMILES string of the molecule is Cc1ccn2nc(C(C)Nc3ncnc(N)c3C#N)nc(N3CCN(Cc4cccc(O)c4)CC3)c12. The molecule has 11 heteroatoms. The molecular weight excluding hydrogens is 456 g/mol. The van der Waals surface area contributed by atoms with Crippen LogP contribution in [0.2, 0.25) is 0 Å². The summed E-state index contributed by atoms with van der Waals surface area (Å²) in [6.07, 6.45) is 3.26. The minimum Gasteiger partial charge on any atom is -0.508 e. The van der Waals surface area contributed by atoms with Crippen molar-refractivity contribution in [3.05, 3.63) is 65.4 Å². The van der Waals surface area contributed by atoms with Gasteiger partial charge in [0, 0.05) is 38.9 Å². The number of fused-ring (bicyclic) bond motifs is 1. The van der Waals surface area contributed by atoms with Crippen LogP contribution >= 0.6 is 0 Å². The summed E-state index contributed by atoms with van der Waals surface area (Å²) in [7, 11) is 0. The van der Waals surface area contributed by atoms with Gasteiger partial charge in [0.15, 0.2) is 11.6 Å². The molecule has 4 heterocycles. The predicted octanol–water partition coefficient (Wildman–Crippen LogP) is 2.48. The number of nitrogens with one attached hydrogen (secondary N) is 1. The number of aromatic hydroxyl groups is 1. The van der Waals surface area contributed by atoms with Crippen molar-refractivity contribution in [3.63, 3.8) is 0 Å². The van der Waals surface area contributed by atoms with E-state index < -0.39 is 0 Å². The van der Waals surface area contributed by atoms with E-state index >= 15 is 0 Å². The molecule has 1 aromatic carbocycles. The van der Waals surface area contributed by atoms with E-state index in [0.29, 0.717) is 17.4 Å². The number of rotatable bonds is 6. The third-order valence-electron chi connectivity index (χ3n) is 6.43. The Balaban J connectivity index is 1.38. The molecule has 0 bridgehead atoms. The maximum Gasteiger partial charge on any atom is 0.173 e. The number of nitrogens with two attached hydrogens (primary N) is 1. The molecule has 1 unspecified atom stereocenters. The van der Waals surface area contributed by atoms with Crippen molar-refractivity contribution >= 4 is 23.0 Å². The largest absolute Gasteiger partial charge is 0.508 e. The van der Waals surface area contributed by atoms with E-state index in [0.717, 1.165) is 55.2 Å². The van der Waals surface area contributed by atoms with Crippen molar-refractivity contribution in [3.8, 4) is 11.8 Å². The van der Waals surface area contributed by atoms with E-state index in [1.807, 2.05) is 41.9 Å². The van der Waals surface area contributed by atoms with Crippen molar-refractivity contribution < 1.29 is 5.11 Å². The average molecular weight is 485 g/mol. The highest BCUT2D eigenvalue weighted by Gasteiger charge is 2.24. The molecule has 5 rings (SSSR count).